The highest BCUT2D eigenvalue weighted by Gasteiger charge is 2.37. The lowest BCUT2D eigenvalue weighted by molar-refractivity contribution is 0.490. The van der Waals surface area contributed by atoms with Crippen LogP contribution < -0.4 is 15.9 Å². The predicted octanol–water partition coefficient (Wildman–Crippen LogP) is 13.6. The molecule has 3 aromatic carbocycles. The van der Waals surface area contributed by atoms with E-state index in [2.05, 4.69) is 179 Å². The SMILES string of the molecule is CCC(C)(C)c1ccc(P(c2ccc(C(C)(C)CC)cc2C(C)(C)CC)c2ccc(C(C)(C)CC)cc2C(C)(C)CC)c(C(C)(C)CC)c1. The van der Waals surface area contributed by atoms with Crippen molar-refractivity contribution >= 4 is 23.8 Å². The van der Waals surface area contributed by atoms with Gasteiger partial charge in [0.2, 0.25) is 0 Å². The van der Waals surface area contributed by atoms with E-state index in [0.29, 0.717) is 0 Å². The van der Waals surface area contributed by atoms with Gasteiger partial charge in [0.25, 0.3) is 0 Å². The highest BCUT2D eigenvalue weighted by Crippen LogP contribution is 2.47. The van der Waals surface area contributed by atoms with Crippen LogP contribution in [-0.4, -0.2) is 0 Å². The Morgan fingerprint density at radius 3 is 0.714 bits per heavy atom. The highest BCUT2D eigenvalue weighted by molar-refractivity contribution is 7.80. The fourth-order valence-corrected chi connectivity index (χ4v) is 9.93. The van der Waals surface area contributed by atoms with Crippen LogP contribution >= 0.6 is 7.92 Å². The van der Waals surface area contributed by atoms with E-state index in [1.807, 2.05) is 0 Å². The molecule has 0 N–H and O–H groups in total. The molecule has 0 unspecified atom stereocenters. The van der Waals surface area contributed by atoms with E-state index in [-0.39, 0.29) is 32.5 Å². The Morgan fingerprint density at radius 2 is 0.531 bits per heavy atom. The zero-order valence-corrected chi connectivity index (χ0v) is 36.3. The quantitative estimate of drug-likeness (QED) is 0.140. The lowest BCUT2D eigenvalue weighted by Crippen LogP contribution is -2.37. The summed E-state index contributed by atoms with van der Waals surface area (Å²) in [6.07, 6.45) is 6.69. The third-order valence-electron chi connectivity index (χ3n) is 13.5. The third-order valence-corrected chi connectivity index (χ3v) is 16.2. The largest absolute Gasteiger partial charge is 0.0646 e. The Kier molecular flexibility index (Phi) is 12.7. The van der Waals surface area contributed by atoms with Crippen LogP contribution in [0.2, 0.25) is 0 Å². The molecule has 0 aliphatic rings. The van der Waals surface area contributed by atoms with Crippen molar-refractivity contribution in [2.24, 2.45) is 0 Å². The van der Waals surface area contributed by atoms with Crippen LogP contribution in [0.5, 0.6) is 0 Å². The number of benzene rings is 3. The average Bonchev–Trinajstić information content (AvgIpc) is 3.08. The molecule has 3 rings (SSSR count). The van der Waals surface area contributed by atoms with Gasteiger partial charge in [0, 0.05) is 0 Å². The second-order valence-electron chi connectivity index (χ2n) is 19.0. The summed E-state index contributed by atoms with van der Waals surface area (Å²) in [5.41, 5.74) is 9.54. The minimum Gasteiger partial charge on any atom is -0.0646 e. The second kappa shape index (κ2) is 15.0. The molecule has 0 atom stereocenters. The summed E-state index contributed by atoms with van der Waals surface area (Å²) in [6, 6.07) is 23.0. The summed E-state index contributed by atoms with van der Waals surface area (Å²) in [5, 5.41) is 4.64. The van der Waals surface area contributed by atoms with Gasteiger partial charge in [-0.15, -0.1) is 0 Å². The topological polar surface area (TPSA) is 0 Å². The van der Waals surface area contributed by atoms with Crippen molar-refractivity contribution in [3.8, 4) is 0 Å². The predicted molar refractivity (Wildman–Crippen MR) is 225 cm³/mol. The van der Waals surface area contributed by atoms with Gasteiger partial charge in [-0.3, -0.25) is 0 Å². The fraction of sp³-hybridized carbons (Fsp3) is 0.625. The summed E-state index contributed by atoms with van der Waals surface area (Å²) in [5.74, 6) is 0. The molecule has 0 radical (unpaired) electrons. The van der Waals surface area contributed by atoms with Gasteiger partial charge < -0.3 is 0 Å². The minimum absolute atomic E-state index is 0.0465. The Bertz CT molecular complexity index is 1390. The molecule has 0 amide bonds. The summed E-state index contributed by atoms with van der Waals surface area (Å²) in [7, 11) is -0.876. The van der Waals surface area contributed by atoms with E-state index in [0.717, 1.165) is 38.5 Å². The van der Waals surface area contributed by atoms with Crippen molar-refractivity contribution < 1.29 is 0 Å². The first kappa shape index (κ1) is 41.5. The van der Waals surface area contributed by atoms with Crippen LogP contribution in [-0.2, 0) is 32.5 Å². The van der Waals surface area contributed by atoms with Crippen LogP contribution in [0, 0.1) is 0 Å². The van der Waals surface area contributed by atoms with Gasteiger partial charge in [0.1, 0.15) is 0 Å². The van der Waals surface area contributed by atoms with Gasteiger partial charge in [-0.25, -0.2) is 0 Å². The lowest BCUT2D eigenvalue weighted by atomic mass is 9.76. The van der Waals surface area contributed by atoms with Gasteiger partial charge in [0.15, 0.2) is 0 Å². The standard InChI is InChI=1S/C48H75P/c1-19-43(7,8)34-25-28-40(37(31-34)46(13,14)22-4)49(41-29-26-35(44(9,10)20-2)32-38(41)47(15,16)23-5)42-30-27-36(45(11,12)21-3)33-39(42)48(17,18)24-6/h25-33H,19-24H2,1-18H3. The van der Waals surface area contributed by atoms with E-state index >= 15 is 0 Å². The average molecular weight is 683 g/mol. The monoisotopic (exact) mass is 683 g/mol. The molecule has 0 spiro atoms. The molecular formula is C48H75P. The second-order valence-corrected chi connectivity index (χ2v) is 21.1. The summed E-state index contributed by atoms with van der Waals surface area (Å²) in [4.78, 5) is 0. The summed E-state index contributed by atoms with van der Waals surface area (Å²) < 4.78 is 0. The van der Waals surface area contributed by atoms with E-state index < -0.39 is 7.92 Å². The van der Waals surface area contributed by atoms with Gasteiger partial charge in [-0.2, -0.15) is 0 Å². The molecule has 0 aliphatic carbocycles. The van der Waals surface area contributed by atoms with E-state index in [4.69, 9.17) is 0 Å². The number of hydrogen-bond acceptors (Lipinski definition) is 0. The molecule has 0 saturated carbocycles. The Labute approximate surface area is 306 Å². The normalized spacial score (nSPS) is 13.8. The van der Waals surface area contributed by atoms with Gasteiger partial charge in [0.05, 0.1) is 0 Å². The summed E-state index contributed by atoms with van der Waals surface area (Å²) in [6.45, 7) is 43.5. The maximum absolute atomic E-state index is 2.62. The number of rotatable bonds is 15. The van der Waals surface area contributed by atoms with E-state index in [9.17, 15) is 0 Å². The zero-order chi connectivity index (χ0) is 37.4. The van der Waals surface area contributed by atoms with Crippen molar-refractivity contribution in [3.05, 3.63) is 88.0 Å². The molecule has 0 fully saturated rings. The van der Waals surface area contributed by atoms with Crippen LogP contribution in [0.1, 0.15) is 197 Å². The maximum Gasteiger partial charge on any atom is -0.00995 e. The summed E-state index contributed by atoms with van der Waals surface area (Å²) >= 11 is 0. The lowest BCUT2D eigenvalue weighted by Gasteiger charge is -2.39. The molecule has 0 aliphatic heterocycles. The van der Waals surface area contributed by atoms with Gasteiger partial charge >= 0.3 is 0 Å². The molecule has 0 nitrogen and oxygen atoms in total. The van der Waals surface area contributed by atoms with Crippen molar-refractivity contribution in [2.45, 2.75) is 196 Å². The Hall–Kier alpha value is -1.91. The van der Waals surface area contributed by atoms with Crippen molar-refractivity contribution in [2.75, 3.05) is 0 Å². The van der Waals surface area contributed by atoms with Gasteiger partial charge in [-0.05, 0) is 128 Å². The van der Waals surface area contributed by atoms with Crippen molar-refractivity contribution in [3.63, 3.8) is 0 Å². The molecular weight excluding hydrogens is 608 g/mol. The van der Waals surface area contributed by atoms with E-state index in [1.165, 1.54) is 33.4 Å². The molecule has 3 aromatic rings. The first-order valence-corrected chi connectivity index (χ1v) is 21.1. The molecule has 49 heavy (non-hydrogen) atoms. The van der Waals surface area contributed by atoms with Crippen molar-refractivity contribution in [1.29, 1.82) is 0 Å². The fourth-order valence-electron chi connectivity index (χ4n) is 6.66. The molecule has 0 saturated heterocycles. The van der Waals surface area contributed by atoms with Crippen LogP contribution in [0.25, 0.3) is 0 Å². The smallest absolute Gasteiger partial charge is 0.00995 e. The van der Waals surface area contributed by atoms with E-state index in [1.54, 1.807) is 15.9 Å². The first-order chi connectivity index (χ1) is 22.5. The Balaban J connectivity index is 2.68. The van der Waals surface area contributed by atoms with Crippen molar-refractivity contribution in [1.82, 2.24) is 0 Å². The minimum atomic E-state index is -0.876. The third kappa shape index (κ3) is 8.43. The highest BCUT2D eigenvalue weighted by atomic mass is 31.1. The molecule has 1 heteroatoms. The van der Waals surface area contributed by atoms with Crippen LogP contribution in [0.15, 0.2) is 54.6 Å². The molecule has 0 heterocycles. The maximum atomic E-state index is 2.62. The number of hydrogen-bond donors (Lipinski definition) is 0. The molecule has 0 bridgehead atoms. The van der Waals surface area contributed by atoms with Gasteiger partial charge in [-0.1, -0.05) is 179 Å². The van der Waals surface area contributed by atoms with Crippen LogP contribution in [0.4, 0.5) is 0 Å². The van der Waals surface area contributed by atoms with Crippen LogP contribution in [0.3, 0.4) is 0 Å². The first-order valence-electron chi connectivity index (χ1n) is 19.7. The Morgan fingerprint density at radius 1 is 0.327 bits per heavy atom. The molecule has 272 valence electrons. The molecule has 0 aromatic heterocycles. The zero-order valence-electron chi connectivity index (χ0n) is 35.4.